The van der Waals surface area contributed by atoms with Crippen LogP contribution in [0.4, 0.5) is 0 Å². The van der Waals surface area contributed by atoms with Crippen LogP contribution in [0.15, 0.2) is 48.5 Å². The summed E-state index contributed by atoms with van der Waals surface area (Å²) >= 11 is 0. The number of aliphatic hydroxyl groups is 2. The first kappa shape index (κ1) is 39.6. The van der Waals surface area contributed by atoms with Gasteiger partial charge in [-0.25, -0.2) is 0 Å². The number of ketones is 2. The molecule has 5 N–H and O–H groups in total. The fourth-order valence-corrected chi connectivity index (χ4v) is 4.55. The smallest absolute Gasteiger partial charge is 0.193 e. The Balaban J connectivity index is 2.01. The molecule has 2 aromatic carbocycles. The summed E-state index contributed by atoms with van der Waals surface area (Å²) in [6.07, 6.45) is -0.281. The molecule has 0 fully saturated rings. The van der Waals surface area contributed by atoms with Gasteiger partial charge in [0.15, 0.2) is 11.6 Å². The molecule has 10 nitrogen and oxygen atoms in total. The second kappa shape index (κ2) is 18.1. The molecule has 258 valence electrons. The number of carbonyl (C=O) groups excluding carboxylic acids is 2. The molecule has 2 rings (SSSR count). The maximum Gasteiger partial charge on any atom is 0.193 e. The highest BCUT2D eigenvalue weighted by Crippen LogP contribution is 2.26. The van der Waals surface area contributed by atoms with Gasteiger partial charge in [-0.3, -0.25) is 9.59 Å². The van der Waals surface area contributed by atoms with Gasteiger partial charge in [0.25, 0.3) is 0 Å². The van der Waals surface area contributed by atoms with Gasteiger partial charge in [-0.05, 0) is 73.4 Å². The minimum absolute atomic E-state index is 0.0136. The SMILES string of the molecule is CC(N)COC(C)COC(C)COC(C)COCC(C)NC(c1ccc(C(=O)C(C)(C)O)cc1)c1ccc(C(=O)C(C)(C)O)cc1. The van der Waals surface area contributed by atoms with Crippen LogP contribution in [-0.2, 0) is 18.9 Å². The Hall–Kier alpha value is -2.54. The molecule has 0 aromatic heterocycles. The van der Waals surface area contributed by atoms with Crippen molar-refractivity contribution < 1.29 is 38.7 Å². The van der Waals surface area contributed by atoms with Gasteiger partial charge in [-0.15, -0.1) is 0 Å². The molecule has 0 aliphatic heterocycles. The number of benzene rings is 2. The number of nitrogens with one attached hydrogen (secondary N) is 1. The third-order valence-corrected chi connectivity index (χ3v) is 7.17. The highest BCUT2D eigenvalue weighted by molar-refractivity contribution is 6.02. The number of rotatable bonds is 21. The molecule has 0 aliphatic rings. The molecule has 10 heteroatoms. The Kier molecular flexibility index (Phi) is 15.6. The van der Waals surface area contributed by atoms with Crippen molar-refractivity contribution >= 4 is 11.6 Å². The van der Waals surface area contributed by atoms with Crippen LogP contribution in [0.5, 0.6) is 0 Å². The van der Waals surface area contributed by atoms with Gasteiger partial charge in [0.1, 0.15) is 11.2 Å². The van der Waals surface area contributed by atoms with Gasteiger partial charge in [0.2, 0.25) is 0 Å². The largest absolute Gasteiger partial charge is 0.382 e. The van der Waals surface area contributed by atoms with Crippen molar-refractivity contribution in [2.45, 2.75) is 110 Å². The summed E-state index contributed by atoms with van der Waals surface area (Å²) in [5.41, 5.74) is 5.39. The minimum atomic E-state index is -1.48. The Morgan fingerprint density at radius 2 is 1.02 bits per heavy atom. The van der Waals surface area contributed by atoms with Crippen LogP contribution >= 0.6 is 0 Å². The molecule has 0 heterocycles. The van der Waals surface area contributed by atoms with Crippen molar-refractivity contribution in [3.8, 4) is 0 Å². The Labute approximate surface area is 275 Å². The van der Waals surface area contributed by atoms with Crippen LogP contribution < -0.4 is 11.1 Å². The molecule has 0 aliphatic carbocycles. The first-order chi connectivity index (χ1) is 21.4. The quantitative estimate of drug-likeness (QED) is 0.145. The van der Waals surface area contributed by atoms with Crippen LogP contribution in [0.2, 0.25) is 0 Å². The average molecular weight is 645 g/mol. The van der Waals surface area contributed by atoms with Crippen molar-refractivity contribution in [1.82, 2.24) is 5.32 Å². The van der Waals surface area contributed by atoms with E-state index in [4.69, 9.17) is 24.7 Å². The second-order valence-electron chi connectivity index (χ2n) is 13.5. The first-order valence-electron chi connectivity index (χ1n) is 16.1. The summed E-state index contributed by atoms with van der Waals surface area (Å²) in [6.45, 7) is 17.8. The predicted octanol–water partition coefficient (Wildman–Crippen LogP) is 4.24. The number of ether oxygens (including phenoxy) is 4. The topological polar surface area (TPSA) is 150 Å². The number of Topliss-reactive ketones (excluding diaryl/α,β-unsaturated/α-hetero) is 2. The van der Waals surface area contributed by atoms with Crippen molar-refractivity contribution in [3.63, 3.8) is 0 Å². The van der Waals surface area contributed by atoms with Gasteiger partial charge in [0.05, 0.1) is 57.4 Å². The second-order valence-corrected chi connectivity index (χ2v) is 13.5. The fourth-order valence-electron chi connectivity index (χ4n) is 4.55. The number of carbonyl (C=O) groups is 2. The molecule has 0 saturated carbocycles. The molecule has 0 radical (unpaired) electrons. The maximum atomic E-state index is 12.6. The normalized spacial score (nSPS) is 15.8. The van der Waals surface area contributed by atoms with E-state index < -0.39 is 11.2 Å². The minimum Gasteiger partial charge on any atom is -0.382 e. The molecule has 0 spiro atoms. The molecular formula is C36H56N2O8. The third kappa shape index (κ3) is 13.7. The van der Waals surface area contributed by atoms with Crippen molar-refractivity contribution in [2.75, 3.05) is 33.0 Å². The molecular weight excluding hydrogens is 588 g/mol. The van der Waals surface area contributed by atoms with Gasteiger partial charge in [-0.2, -0.15) is 0 Å². The van der Waals surface area contributed by atoms with E-state index in [9.17, 15) is 19.8 Å². The highest BCUT2D eigenvalue weighted by Gasteiger charge is 2.27. The summed E-state index contributed by atoms with van der Waals surface area (Å²) in [5.74, 6) is -0.726. The lowest BCUT2D eigenvalue weighted by molar-refractivity contribution is -0.0813. The van der Waals surface area contributed by atoms with Crippen LogP contribution in [-0.4, -0.2) is 96.4 Å². The molecule has 0 amide bonds. The van der Waals surface area contributed by atoms with E-state index in [0.29, 0.717) is 44.2 Å². The molecule has 0 bridgehead atoms. The average Bonchev–Trinajstić information content (AvgIpc) is 2.99. The molecule has 0 saturated heterocycles. The Morgan fingerprint density at radius 3 is 1.39 bits per heavy atom. The van der Waals surface area contributed by atoms with E-state index in [0.717, 1.165) is 11.1 Å². The summed E-state index contributed by atoms with van der Waals surface area (Å²) in [4.78, 5) is 25.2. The fraction of sp³-hybridized carbons (Fsp3) is 0.611. The molecule has 5 atom stereocenters. The Bertz CT molecular complexity index is 1130. The lowest BCUT2D eigenvalue weighted by Crippen LogP contribution is -2.36. The number of hydrogen-bond acceptors (Lipinski definition) is 10. The van der Waals surface area contributed by atoms with E-state index in [2.05, 4.69) is 5.32 Å². The van der Waals surface area contributed by atoms with Crippen LogP contribution in [0.3, 0.4) is 0 Å². The zero-order valence-corrected chi connectivity index (χ0v) is 29.0. The Morgan fingerprint density at radius 1 is 0.652 bits per heavy atom. The standard InChI is InChI=1S/C36H56N2O8/c1-23(37)18-44-26(4)21-46-27(5)22-45-25(3)20-43-19-24(2)38-32(28-10-14-30(15-11-28)33(39)35(6,7)41)29-12-16-31(17-13-29)34(40)36(8,9)42/h10-17,23-27,32,38,41-42H,18-22,37H2,1-9H3. The summed E-state index contributed by atoms with van der Waals surface area (Å²) in [6, 6.07) is 13.8. The molecule has 5 unspecified atom stereocenters. The van der Waals surface area contributed by atoms with Crippen LogP contribution in [0.25, 0.3) is 0 Å². The summed E-state index contributed by atoms with van der Waals surface area (Å²) in [7, 11) is 0. The number of hydrogen-bond donors (Lipinski definition) is 4. The lowest BCUT2D eigenvalue weighted by Gasteiger charge is -2.26. The molecule has 46 heavy (non-hydrogen) atoms. The zero-order valence-electron chi connectivity index (χ0n) is 29.0. The highest BCUT2D eigenvalue weighted by atomic mass is 16.6. The van der Waals surface area contributed by atoms with Crippen molar-refractivity contribution in [1.29, 1.82) is 0 Å². The monoisotopic (exact) mass is 644 g/mol. The first-order valence-corrected chi connectivity index (χ1v) is 16.1. The van der Waals surface area contributed by atoms with Gasteiger partial charge in [-0.1, -0.05) is 48.5 Å². The van der Waals surface area contributed by atoms with Gasteiger partial charge in [0, 0.05) is 23.2 Å². The molecule has 2 aromatic rings. The van der Waals surface area contributed by atoms with Crippen LogP contribution in [0, 0.1) is 0 Å². The predicted molar refractivity (Wildman–Crippen MR) is 179 cm³/mol. The summed E-state index contributed by atoms with van der Waals surface area (Å²) in [5, 5.41) is 23.9. The van der Waals surface area contributed by atoms with Gasteiger partial charge < -0.3 is 40.2 Å². The van der Waals surface area contributed by atoms with Gasteiger partial charge >= 0.3 is 0 Å². The lowest BCUT2D eigenvalue weighted by atomic mass is 9.91. The van der Waals surface area contributed by atoms with Crippen LogP contribution in [0.1, 0.15) is 100 Å². The maximum absolute atomic E-state index is 12.6. The summed E-state index contributed by atoms with van der Waals surface area (Å²) < 4.78 is 23.4. The van der Waals surface area contributed by atoms with E-state index in [1.165, 1.54) is 27.7 Å². The zero-order chi connectivity index (χ0) is 34.7. The van der Waals surface area contributed by atoms with Crippen molar-refractivity contribution in [2.24, 2.45) is 5.73 Å². The van der Waals surface area contributed by atoms with E-state index >= 15 is 0 Å². The van der Waals surface area contributed by atoms with E-state index in [1.54, 1.807) is 24.3 Å². The third-order valence-electron chi connectivity index (χ3n) is 7.17. The van der Waals surface area contributed by atoms with E-state index in [1.807, 2.05) is 58.9 Å². The van der Waals surface area contributed by atoms with Crippen molar-refractivity contribution in [3.05, 3.63) is 70.8 Å². The number of nitrogens with two attached hydrogens (primary N) is 1. The van der Waals surface area contributed by atoms with E-state index in [-0.39, 0.29) is 48.0 Å².